The highest BCUT2D eigenvalue weighted by molar-refractivity contribution is 5.92. The number of aromatic amines is 1. The minimum Gasteiger partial charge on any atom is -0.355 e. The van der Waals surface area contributed by atoms with E-state index >= 15 is 0 Å². The average molecular weight is 225 g/mol. The van der Waals surface area contributed by atoms with Crippen molar-refractivity contribution in [3.63, 3.8) is 0 Å². The van der Waals surface area contributed by atoms with Crippen molar-refractivity contribution in [2.45, 2.75) is 19.4 Å². The van der Waals surface area contributed by atoms with Crippen molar-refractivity contribution in [2.75, 3.05) is 19.6 Å². The second-order valence-corrected chi connectivity index (χ2v) is 4.77. The molecule has 0 radical (unpaired) electrons. The molecule has 2 N–H and O–H groups in total. The van der Waals surface area contributed by atoms with Crippen LogP contribution in [0.15, 0.2) is 12.3 Å². The monoisotopic (exact) mass is 225 g/mol. The van der Waals surface area contributed by atoms with Gasteiger partial charge in [-0.25, -0.2) is 4.39 Å². The smallest absolute Gasteiger partial charge is 0.270 e. The third kappa shape index (κ3) is 2.24. The van der Waals surface area contributed by atoms with Gasteiger partial charge in [0, 0.05) is 37.4 Å². The predicted molar refractivity (Wildman–Crippen MR) is 58.7 cm³/mol. The molecule has 0 unspecified atom stereocenters. The molecule has 1 fully saturated rings. The molecule has 1 amide bonds. The van der Waals surface area contributed by atoms with Crippen LogP contribution in [0.4, 0.5) is 4.39 Å². The third-order valence-corrected chi connectivity index (χ3v) is 2.74. The van der Waals surface area contributed by atoms with Gasteiger partial charge in [-0.05, 0) is 13.8 Å². The first kappa shape index (κ1) is 11.1. The van der Waals surface area contributed by atoms with E-state index in [1.807, 2.05) is 13.8 Å². The molecule has 0 aliphatic carbocycles. The summed E-state index contributed by atoms with van der Waals surface area (Å²) in [6.45, 7) is 6.14. The lowest BCUT2D eigenvalue weighted by atomic mass is 10.0. The molecule has 0 bridgehead atoms. The lowest BCUT2D eigenvalue weighted by molar-refractivity contribution is 0.0647. The summed E-state index contributed by atoms with van der Waals surface area (Å²) in [5, 5.41) is 3.32. The second kappa shape index (κ2) is 3.90. The van der Waals surface area contributed by atoms with E-state index in [-0.39, 0.29) is 11.4 Å². The summed E-state index contributed by atoms with van der Waals surface area (Å²) in [5.74, 6) is -0.545. The molecule has 1 aromatic rings. The fourth-order valence-corrected chi connectivity index (χ4v) is 1.98. The van der Waals surface area contributed by atoms with E-state index in [0.717, 1.165) is 6.54 Å². The number of piperazine rings is 1. The first-order chi connectivity index (χ1) is 7.48. The number of H-pyrrole nitrogens is 1. The Morgan fingerprint density at radius 3 is 2.88 bits per heavy atom. The molecular formula is C11H16FN3O. The molecule has 0 spiro atoms. The Morgan fingerprint density at radius 1 is 1.56 bits per heavy atom. The van der Waals surface area contributed by atoms with E-state index in [4.69, 9.17) is 0 Å². The van der Waals surface area contributed by atoms with Crippen molar-refractivity contribution in [1.82, 2.24) is 15.2 Å². The molecule has 1 aliphatic rings. The highest BCUT2D eigenvalue weighted by atomic mass is 19.1. The summed E-state index contributed by atoms with van der Waals surface area (Å²) in [7, 11) is 0. The zero-order chi connectivity index (χ0) is 11.8. The van der Waals surface area contributed by atoms with Crippen LogP contribution in [0.1, 0.15) is 24.3 Å². The highest BCUT2D eigenvalue weighted by Crippen LogP contribution is 2.13. The van der Waals surface area contributed by atoms with E-state index in [0.29, 0.717) is 18.8 Å². The third-order valence-electron chi connectivity index (χ3n) is 2.74. The summed E-state index contributed by atoms with van der Waals surface area (Å²) in [6, 6.07) is 1.23. The van der Waals surface area contributed by atoms with Crippen LogP contribution < -0.4 is 5.32 Å². The van der Waals surface area contributed by atoms with Crippen molar-refractivity contribution in [1.29, 1.82) is 0 Å². The lowest BCUT2D eigenvalue weighted by Gasteiger charge is -2.38. The Bertz CT molecular complexity index is 400. The topological polar surface area (TPSA) is 48.1 Å². The molecule has 88 valence electrons. The molecule has 16 heavy (non-hydrogen) atoms. The van der Waals surface area contributed by atoms with Crippen molar-refractivity contribution >= 4 is 5.91 Å². The van der Waals surface area contributed by atoms with Gasteiger partial charge in [0.2, 0.25) is 0 Å². The van der Waals surface area contributed by atoms with Gasteiger partial charge in [0.05, 0.1) is 0 Å². The molecule has 2 rings (SSSR count). The van der Waals surface area contributed by atoms with Gasteiger partial charge in [-0.15, -0.1) is 0 Å². The Kier molecular flexibility index (Phi) is 2.71. The molecule has 0 saturated carbocycles. The van der Waals surface area contributed by atoms with Gasteiger partial charge in [0.1, 0.15) is 11.5 Å². The van der Waals surface area contributed by atoms with Gasteiger partial charge >= 0.3 is 0 Å². The highest BCUT2D eigenvalue weighted by Gasteiger charge is 2.29. The molecule has 1 saturated heterocycles. The van der Waals surface area contributed by atoms with Crippen molar-refractivity contribution in [2.24, 2.45) is 0 Å². The van der Waals surface area contributed by atoms with Crippen LogP contribution in [0, 0.1) is 5.82 Å². The number of aromatic nitrogens is 1. The van der Waals surface area contributed by atoms with Gasteiger partial charge < -0.3 is 15.2 Å². The molecular weight excluding hydrogens is 209 g/mol. The minimum atomic E-state index is -0.405. The zero-order valence-corrected chi connectivity index (χ0v) is 9.51. The number of nitrogens with zero attached hydrogens (tertiary/aromatic N) is 1. The molecule has 2 heterocycles. The molecule has 0 aromatic carbocycles. The summed E-state index contributed by atoms with van der Waals surface area (Å²) < 4.78 is 12.8. The Labute approximate surface area is 93.8 Å². The average Bonchev–Trinajstić information content (AvgIpc) is 2.62. The van der Waals surface area contributed by atoms with Crippen molar-refractivity contribution in [3.8, 4) is 0 Å². The first-order valence-corrected chi connectivity index (χ1v) is 5.36. The fourth-order valence-electron chi connectivity index (χ4n) is 1.98. The van der Waals surface area contributed by atoms with Crippen molar-refractivity contribution < 1.29 is 9.18 Å². The summed E-state index contributed by atoms with van der Waals surface area (Å²) >= 11 is 0. The number of amides is 1. The number of halogens is 1. The Balaban J connectivity index is 2.10. The van der Waals surface area contributed by atoms with Gasteiger partial charge in [-0.1, -0.05) is 0 Å². The summed E-state index contributed by atoms with van der Waals surface area (Å²) in [5.41, 5.74) is 0.231. The number of carbonyl (C=O) groups is 1. The number of hydrogen-bond donors (Lipinski definition) is 2. The molecule has 5 heteroatoms. The van der Waals surface area contributed by atoms with E-state index in [9.17, 15) is 9.18 Å². The fraction of sp³-hybridized carbons (Fsp3) is 0.545. The van der Waals surface area contributed by atoms with Crippen LogP contribution in [0.3, 0.4) is 0 Å². The largest absolute Gasteiger partial charge is 0.355 e. The molecule has 0 atom stereocenters. The van der Waals surface area contributed by atoms with Crippen LogP contribution >= 0.6 is 0 Å². The van der Waals surface area contributed by atoms with Gasteiger partial charge in [-0.2, -0.15) is 0 Å². The maximum Gasteiger partial charge on any atom is 0.270 e. The zero-order valence-electron chi connectivity index (χ0n) is 9.51. The van der Waals surface area contributed by atoms with Crippen molar-refractivity contribution in [3.05, 3.63) is 23.8 Å². The number of hydrogen-bond acceptors (Lipinski definition) is 2. The van der Waals surface area contributed by atoms with Crippen LogP contribution in [-0.2, 0) is 0 Å². The quantitative estimate of drug-likeness (QED) is 0.748. The first-order valence-electron chi connectivity index (χ1n) is 5.36. The molecule has 1 aromatic heterocycles. The maximum atomic E-state index is 12.8. The van der Waals surface area contributed by atoms with Gasteiger partial charge in [-0.3, -0.25) is 4.79 Å². The number of nitrogens with one attached hydrogen (secondary N) is 2. The second-order valence-electron chi connectivity index (χ2n) is 4.77. The van der Waals surface area contributed by atoms with Gasteiger partial charge in [0.25, 0.3) is 5.91 Å². The Morgan fingerprint density at radius 2 is 2.31 bits per heavy atom. The van der Waals surface area contributed by atoms with E-state index in [1.54, 1.807) is 4.90 Å². The van der Waals surface area contributed by atoms with Crippen LogP contribution in [-0.4, -0.2) is 41.0 Å². The lowest BCUT2D eigenvalue weighted by Crippen LogP contribution is -2.58. The van der Waals surface area contributed by atoms with Crippen LogP contribution in [0.25, 0.3) is 0 Å². The molecule has 1 aliphatic heterocycles. The normalized spacial score (nSPS) is 19.8. The van der Waals surface area contributed by atoms with E-state index < -0.39 is 5.82 Å². The van der Waals surface area contributed by atoms with E-state index in [1.165, 1.54) is 12.3 Å². The summed E-state index contributed by atoms with van der Waals surface area (Å²) in [6.07, 6.45) is 1.20. The predicted octanol–water partition coefficient (Wildman–Crippen LogP) is 0.978. The van der Waals surface area contributed by atoms with Crippen LogP contribution in [0.2, 0.25) is 0 Å². The minimum absolute atomic E-state index is 0.0843. The van der Waals surface area contributed by atoms with Gasteiger partial charge in [0.15, 0.2) is 0 Å². The standard InChI is InChI=1S/C11H16FN3O/c1-11(2)7-15(4-3-14-11)10(16)9-5-8(12)6-13-9/h5-6,13-14H,3-4,7H2,1-2H3. The SMILES string of the molecule is CC1(C)CN(C(=O)c2cc(F)c[nH]2)CCN1. The Hall–Kier alpha value is -1.36. The molecule has 4 nitrogen and oxygen atoms in total. The van der Waals surface area contributed by atoms with Crippen LogP contribution in [0.5, 0.6) is 0 Å². The maximum absolute atomic E-state index is 12.8. The number of rotatable bonds is 1. The van der Waals surface area contributed by atoms with E-state index in [2.05, 4.69) is 10.3 Å². The number of carbonyl (C=O) groups excluding carboxylic acids is 1. The summed E-state index contributed by atoms with van der Waals surface area (Å²) in [4.78, 5) is 16.4.